The SMILES string of the molecule is C[C@H](NC(=O)c1ccc(N(C)C)nc1)[C@@H]1C[C@H]2CC[C@H]1C2. The highest BCUT2D eigenvalue weighted by atomic mass is 16.1. The third-order valence-electron chi connectivity index (χ3n) is 5.26. The van der Waals surface area contributed by atoms with Crippen molar-refractivity contribution in [3.05, 3.63) is 23.9 Å². The molecule has 0 unspecified atom stereocenters. The molecule has 0 radical (unpaired) electrons. The Morgan fingerprint density at radius 3 is 2.67 bits per heavy atom. The van der Waals surface area contributed by atoms with Crippen molar-refractivity contribution in [1.82, 2.24) is 10.3 Å². The Balaban J connectivity index is 1.60. The minimum atomic E-state index is 0.00285. The molecule has 0 spiro atoms. The summed E-state index contributed by atoms with van der Waals surface area (Å²) in [6.45, 7) is 2.16. The highest BCUT2D eigenvalue weighted by molar-refractivity contribution is 5.94. The Bertz CT molecular complexity index is 511. The van der Waals surface area contributed by atoms with Crippen molar-refractivity contribution in [1.29, 1.82) is 0 Å². The van der Waals surface area contributed by atoms with Gasteiger partial charge >= 0.3 is 0 Å². The summed E-state index contributed by atoms with van der Waals surface area (Å²) in [4.78, 5) is 18.6. The molecular formula is C17H25N3O. The van der Waals surface area contributed by atoms with Gasteiger partial charge < -0.3 is 10.2 Å². The molecule has 4 atom stereocenters. The van der Waals surface area contributed by atoms with Crippen LogP contribution in [0.4, 0.5) is 5.82 Å². The highest BCUT2D eigenvalue weighted by Gasteiger charge is 2.42. The van der Waals surface area contributed by atoms with E-state index in [1.54, 1.807) is 6.20 Å². The molecule has 4 heteroatoms. The molecule has 1 aromatic rings. The van der Waals surface area contributed by atoms with E-state index in [9.17, 15) is 4.79 Å². The quantitative estimate of drug-likeness (QED) is 0.926. The minimum absolute atomic E-state index is 0.00285. The van der Waals surface area contributed by atoms with Crippen molar-refractivity contribution in [3.63, 3.8) is 0 Å². The number of aromatic nitrogens is 1. The fourth-order valence-corrected chi connectivity index (χ4v) is 4.09. The van der Waals surface area contributed by atoms with Crippen molar-refractivity contribution >= 4 is 11.7 Å². The lowest BCUT2D eigenvalue weighted by atomic mass is 9.84. The maximum Gasteiger partial charge on any atom is 0.253 e. The molecule has 21 heavy (non-hydrogen) atoms. The van der Waals surface area contributed by atoms with E-state index in [-0.39, 0.29) is 11.9 Å². The van der Waals surface area contributed by atoms with Crippen LogP contribution in [0.1, 0.15) is 43.0 Å². The van der Waals surface area contributed by atoms with E-state index in [0.29, 0.717) is 11.5 Å². The fourth-order valence-electron chi connectivity index (χ4n) is 4.09. The van der Waals surface area contributed by atoms with E-state index >= 15 is 0 Å². The van der Waals surface area contributed by atoms with Gasteiger partial charge in [0.1, 0.15) is 5.82 Å². The lowest BCUT2D eigenvalue weighted by Crippen LogP contribution is -2.40. The van der Waals surface area contributed by atoms with Gasteiger partial charge in [-0.3, -0.25) is 4.79 Å². The van der Waals surface area contributed by atoms with Gasteiger partial charge in [0.2, 0.25) is 0 Å². The molecule has 1 aromatic heterocycles. The topological polar surface area (TPSA) is 45.2 Å². The van der Waals surface area contributed by atoms with Crippen molar-refractivity contribution in [2.75, 3.05) is 19.0 Å². The second kappa shape index (κ2) is 5.66. The van der Waals surface area contributed by atoms with Gasteiger partial charge in [-0.25, -0.2) is 4.98 Å². The van der Waals surface area contributed by atoms with Gasteiger partial charge in [-0.2, -0.15) is 0 Å². The number of nitrogens with zero attached hydrogens (tertiary/aromatic N) is 2. The zero-order chi connectivity index (χ0) is 15.0. The van der Waals surface area contributed by atoms with Gasteiger partial charge in [0.15, 0.2) is 0 Å². The largest absolute Gasteiger partial charge is 0.363 e. The van der Waals surface area contributed by atoms with Crippen molar-refractivity contribution < 1.29 is 4.79 Å². The summed E-state index contributed by atoms with van der Waals surface area (Å²) in [6, 6.07) is 4.00. The molecule has 2 saturated carbocycles. The van der Waals surface area contributed by atoms with Crippen LogP contribution in [-0.2, 0) is 0 Å². The number of rotatable bonds is 4. The zero-order valence-electron chi connectivity index (χ0n) is 13.2. The Morgan fingerprint density at radius 2 is 2.14 bits per heavy atom. The Hall–Kier alpha value is -1.58. The van der Waals surface area contributed by atoms with E-state index in [1.807, 2.05) is 31.1 Å². The van der Waals surface area contributed by atoms with Gasteiger partial charge in [0, 0.05) is 26.3 Å². The van der Waals surface area contributed by atoms with Gasteiger partial charge in [-0.05, 0) is 56.1 Å². The van der Waals surface area contributed by atoms with Gasteiger partial charge in [-0.15, -0.1) is 0 Å². The molecule has 0 aromatic carbocycles. The Labute approximate surface area is 126 Å². The minimum Gasteiger partial charge on any atom is -0.363 e. The first-order chi connectivity index (χ1) is 10.0. The first kappa shape index (κ1) is 14.4. The number of fused-ring (bicyclic) bond motifs is 2. The molecule has 1 amide bonds. The number of pyridine rings is 1. The average Bonchev–Trinajstić information content (AvgIpc) is 3.10. The molecule has 0 saturated heterocycles. The van der Waals surface area contributed by atoms with Crippen LogP contribution in [0.15, 0.2) is 18.3 Å². The number of anilines is 1. The summed E-state index contributed by atoms with van der Waals surface area (Å²) in [5, 5.41) is 3.18. The first-order valence-corrected chi connectivity index (χ1v) is 7.99. The summed E-state index contributed by atoms with van der Waals surface area (Å²) in [6.07, 6.45) is 7.10. The highest BCUT2D eigenvalue weighted by Crippen LogP contribution is 2.49. The third kappa shape index (κ3) is 2.89. The van der Waals surface area contributed by atoms with Gasteiger partial charge in [0.05, 0.1) is 5.56 Å². The van der Waals surface area contributed by atoms with Crippen molar-refractivity contribution in [3.8, 4) is 0 Å². The van der Waals surface area contributed by atoms with Crippen LogP contribution < -0.4 is 10.2 Å². The number of hydrogen-bond donors (Lipinski definition) is 1. The maximum absolute atomic E-state index is 12.3. The van der Waals surface area contributed by atoms with Crippen molar-refractivity contribution in [2.24, 2.45) is 17.8 Å². The fraction of sp³-hybridized carbons (Fsp3) is 0.647. The van der Waals surface area contributed by atoms with Crippen LogP contribution >= 0.6 is 0 Å². The molecule has 2 aliphatic rings. The molecule has 2 fully saturated rings. The molecule has 1 N–H and O–H groups in total. The maximum atomic E-state index is 12.3. The molecule has 1 heterocycles. The Kier molecular flexibility index (Phi) is 3.87. The van der Waals surface area contributed by atoms with Crippen LogP contribution in [0.2, 0.25) is 0 Å². The lowest BCUT2D eigenvalue weighted by molar-refractivity contribution is 0.0915. The van der Waals surface area contributed by atoms with Crippen LogP contribution in [0.3, 0.4) is 0 Å². The predicted molar refractivity (Wildman–Crippen MR) is 84.4 cm³/mol. The van der Waals surface area contributed by atoms with Crippen LogP contribution in [0.5, 0.6) is 0 Å². The number of amides is 1. The molecule has 0 aliphatic heterocycles. The Morgan fingerprint density at radius 1 is 1.33 bits per heavy atom. The van der Waals surface area contributed by atoms with E-state index in [0.717, 1.165) is 17.7 Å². The third-order valence-corrected chi connectivity index (χ3v) is 5.26. The van der Waals surface area contributed by atoms with Gasteiger partial charge in [-0.1, -0.05) is 6.42 Å². The number of carbonyl (C=O) groups excluding carboxylic acids is 1. The summed E-state index contributed by atoms with van der Waals surface area (Å²) < 4.78 is 0. The first-order valence-electron chi connectivity index (χ1n) is 7.99. The second-order valence-corrected chi connectivity index (χ2v) is 6.90. The number of hydrogen-bond acceptors (Lipinski definition) is 3. The van der Waals surface area contributed by atoms with Crippen LogP contribution in [0, 0.1) is 17.8 Å². The molecule has 114 valence electrons. The van der Waals surface area contributed by atoms with E-state index in [4.69, 9.17) is 0 Å². The van der Waals surface area contributed by atoms with Gasteiger partial charge in [0.25, 0.3) is 5.91 Å². The van der Waals surface area contributed by atoms with E-state index in [1.165, 1.54) is 25.7 Å². The molecular weight excluding hydrogens is 262 g/mol. The standard InChI is InChI=1S/C17H25N3O/c1-11(15-9-12-4-5-13(15)8-12)19-17(21)14-6-7-16(18-10-14)20(2)3/h6-7,10-13,15H,4-5,8-9H2,1-3H3,(H,19,21)/t11-,12-,13-,15-/m0/s1. The molecule has 2 bridgehead atoms. The van der Waals surface area contributed by atoms with Crippen molar-refractivity contribution in [2.45, 2.75) is 38.6 Å². The predicted octanol–water partition coefficient (Wildman–Crippen LogP) is 2.70. The second-order valence-electron chi connectivity index (χ2n) is 6.90. The van der Waals surface area contributed by atoms with Crippen LogP contribution in [0.25, 0.3) is 0 Å². The molecule has 3 rings (SSSR count). The van der Waals surface area contributed by atoms with E-state index < -0.39 is 0 Å². The normalized spacial score (nSPS) is 28.4. The molecule has 2 aliphatic carbocycles. The number of nitrogens with one attached hydrogen (secondary N) is 1. The summed E-state index contributed by atoms with van der Waals surface area (Å²) >= 11 is 0. The monoisotopic (exact) mass is 287 g/mol. The molecule has 4 nitrogen and oxygen atoms in total. The number of carbonyl (C=O) groups is 1. The van der Waals surface area contributed by atoms with Crippen LogP contribution in [-0.4, -0.2) is 31.0 Å². The summed E-state index contributed by atoms with van der Waals surface area (Å²) in [7, 11) is 3.89. The zero-order valence-corrected chi connectivity index (χ0v) is 13.2. The average molecular weight is 287 g/mol. The summed E-state index contributed by atoms with van der Waals surface area (Å²) in [5.74, 6) is 3.29. The summed E-state index contributed by atoms with van der Waals surface area (Å²) in [5.41, 5.74) is 0.649. The van der Waals surface area contributed by atoms with E-state index in [2.05, 4.69) is 17.2 Å². The lowest BCUT2D eigenvalue weighted by Gasteiger charge is -2.28. The smallest absolute Gasteiger partial charge is 0.253 e.